The van der Waals surface area contributed by atoms with Crippen molar-refractivity contribution in [3.63, 3.8) is 0 Å². The molecule has 25 heavy (non-hydrogen) atoms. The average Bonchev–Trinajstić information content (AvgIpc) is 3.09. The summed E-state index contributed by atoms with van der Waals surface area (Å²) in [6.07, 6.45) is 3.84. The van der Waals surface area contributed by atoms with E-state index in [0.717, 1.165) is 43.7 Å². The highest BCUT2D eigenvalue weighted by Gasteiger charge is 2.16. The maximum absolute atomic E-state index is 12.3. The van der Waals surface area contributed by atoms with Gasteiger partial charge >= 0.3 is 0 Å². The number of halogens is 1. The SMILES string of the molecule is C=C(CCC1CCOCC1)C(=O)Nc1nc(-c2ccccc2Cl)cs1. The Morgan fingerprint density at radius 1 is 1.36 bits per heavy atom. The van der Waals surface area contributed by atoms with Crippen molar-refractivity contribution in [2.45, 2.75) is 25.7 Å². The summed E-state index contributed by atoms with van der Waals surface area (Å²) in [6.45, 7) is 5.58. The Labute approximate surface area is 156 Å². The van der Waals surface area contributed by atoms with Crippen LogP contribution in [0.25, 0.3) is 11.3 Å². The lowest BCUT2D eigenvalue weighted by molar-refractivity contribution is -0.113. The van der Waals surface area contributed by atoms with E-state index < -0.39 is 0 Å². The molecule has 1 aromatic heterocycles. The number of nitrogens with one attached hydrogen (secondary N) is 1. The molecule has 0 saturated carbocycles. The molecule has 132 valence electrons. The first-order valence-corrected chi connectivity index (χ1v) is 9.66. The highest BCUT2D eigenvalue weighted by Crippen LogP contribution is 2.30. The van der Waals surface area contributed by atoms with Gasteiger partial charge in [-0.1, -0.05) is 36.4 Å². The van der Waals surface area contributed by atoms with Crippen molar-refractivity contribution in [1.82, 2.24) is 4.98 Å². The molecular weight excluding hydrogens is 356 g/mol. The van der Waals surface area contributed by atoms with Gasteiger partial charge in [-0.05, 0) is 37.7 Å². The predicted molar refractivity (Wildman–Crippen MR) is 103 cm³/mol. The van der Waals surface area contributed by atoms with Crippen LogP contribution in [-0.4, -0.2) is 24.1 Å². The van der Waals surface area contributed by atoms with Crippen molar-refractivity contribution in [3.8, 4) is 11.3 Å². The summed E-state index contributed by atoms with van der Waals surface area (Å²) >= 11 is 7.58. The molecule has 1 N–H and O–H groups in total. The number of amides is 1. The van der Waals surface area contributed by atoms with Gasteiger partial charge in [0, 0.05) is 34.8 Å². The molecule has 1 saturated heterocycles. The van der Waals surface area contributed by atoms with Crippen molar-refractivity contribution < 1.29 is 9.53 Å². The van der Waals surface area contributed by atoms with E-state index >= 15 is 0 Å². The number of hydrogen-bond donors (Lipinski definition) is 1. The molecule has 1 aromatic carbocycles. The molecule has 1 aliphatic heterocycles. The first-order chi connectivity index (χ1) is 12.1. The number of carbonyl (C=O) groups is 1. The van der Waals surface area contributed by atoms with Crippen LogP contribution in [0.5, 0.6) is 0 Å². The number of rotatable bonds is 6. The van der Waals surface area contributed by atoms with E-state index in [2.05, 4.69) is 16.9 Å². The molecular formula is C19H21ClN2O2S. The second kappa shape index (κ2) is 8.61. The molecule has 2 aromatic rings. The highest BCUT2D eigenvalue weighted by atomic mass is 35.5. The minimum absolute atomic E-state index is 0.160. The summed E-state index contributed by atoms with van der Waals surface area (Å²) in [5, 5.41) is 5.94. The normalized spacial score (nSPS) is 15.1. The topological polar surface area (TPSA) is 51.2 Å². The van der Waals surface area contributed by atoms with E-state index in [1.807, 2.05) is 29.6 Å². The summed E-state index contributed by atoms with van der Waals surface area (Å²) in [6, 6.07) is 7.53. The highest BCUT2D eigenvalue weighted by molar-refractivity contribution is 7.14. The number of aromatic nitrogens is 1. The first kappa shape index (κ1) is 18.1. The number of thiazole rings is 1. The second-order valence-corrected chi connectivity index (χ2v) is 7.44. The van der Waals surface area contributed by atoms with Gasteiger partial charge in [-0.3, -0.25) is 10.1 Å². The smallest absolute Gasteiger partial charge is 0.252 e. The summed E-state index contributed by atoms with van der Waals surface area (Å²) in [5.41, 5.74) is 2.22. The molecule has 1 aliphatic rings. The summed E-state index contributed by atoms with van der Waals surface area (Å²) in [7, 11) is 0. The molecule has 0 atom stereocenters. The Hall–Kier alpha value is -1.69. The molecule has 0 radical (unpaired) electrons. The zero-order chi connectivity index (χ0) is 17.6. The number of ether oxygens (including phenoxy) is 1. The van der Waals surface area contributed by atoms with E-state index in [1.165, 1.54) is 11.3 Å². The van der Waals surface area contributed by atoms with Gasteiger partial charge in [0.25, 0.3) is 5.91 Å². The number of carbonyl (C=O) groups excluding carboxylic acids is 1. The van der Waals surface area contributed by atoms with E-state index in [-0.39, 0.29) is 5.91 Å². The predicted octanol–water partition coefficient (Wildman–Crippen LogP) is 5.17. The lowest BCUT2D eigenvalue weighted by Gasteiger charge is -2.21. The van der Waals surface area contributed by atoms with Crippen molar-refractivity contribution in [3.05, 3.63) is 46.8 Å². The van der Waals surface area contributed by atoms with Crippen LogP contribution in [-0.2, 0) is 9.53 Å². The van der Waals surface area contributed by atoms with E-state index in [1.54, 1.807) is 0 Å². The third kappa shape index (κ3) is 4.91. The zero-order valence-electron chi connectivity index (χ0n) is 14.0. The fourth-order valence-electron chi connectivity index (χ4n) is 2.84. The number of benzene rings is 1. The molecule has 1 fully saturated rings. The Morgan fingerprint density at radius 3 is 2.88 bits per heavy atom. The van der Waals surface area contributed by atoms with E-state index in [9.17, 15) is 4.79 Å². The van der Waals surface area contributed by atoms with Crippen molar-refractivity contribution in [2.24, 2.45) is 5.92 Å². The van der Waals surface area contributed by atoms with Crippen LogP contribution in [0.2, 0.25) is 5.02 Å². The van der Waals surface area contributed by atoms with Crippen LogP contribution in [0, 0.1) is 5.92 Å². The van der Waals surface area contributed by atoms with Crippen LogP contribution < -0.4 is 5.32 Å². The second-order valence-electron chi connectivity index (χ2n) is 6.17. The molecule has 0 spiro atoms. The summed E-state index contributed by atoms with van der Waals surface area (Å²) in [4.78, 5) is 16.8. The maximum Gasteiger partial charge on any atom is 0.252 e. The van der Waals surface area contributed by atoms with Crippen molar-refractivity contribution in [2.75, 3.05) is 18.5 Å². The summed E-state index contributed by atoms with van der Waals surface area (Å²) < 4.78 is 5.36. The zero-order valence-corrected chi connectivity index (χ0v) is 15.5. The largest absolute Gasteiger partial charge is 0.381 e. The lowest BCUT2D eigenvalue weighted by Crippen LogP contribution is -2.18. The van der Waals surface area contributed by atoms with Gasteiger partial charge in [-0.2, -0.15) is 0 Å². The van der Waals surface area contributed by atoms with Gasteiger partial charge in [0.15, 0.2) is 5.13 Å². The fraction of sp³-hybridized carbons (Fsp3) is 0.368. The van der Waals surface area contributed by atoms with E-state index in [0.29, 0.717) is 28.1 Å². The third-order valence-electron chi connectivity index (χ3n) is 4.39. The van der Waals surface area contributed by atoms with Crippen molar-refractivity contribution in [1.29, 1.82) is 0 Å². The van der Waals surface area contributed by atoms with Gasteiger partial charge in [0.1, 0.15) is 0 Å². The Bertz CT molecular complexity index is 753. The Balaban J connectivity index is 1.54. The third-order valence-corrected chi connectivity index (χ3v) is 5.48. The molecule has 0 bridgehead atoms. The molecule has 3 rings (SSSR count). The van der Waals surface area contributed by atoms with Crippen molar-refractivity contribution >= 4 is 34.0 Å². The standard InChI is InChI=1S/C19H21ClN2O2S/c1-13(6-7-14-8-10-24-11-9-14)18(23)22-19-21-17(12-25-19)15-4-2-3-5-16(15)20/h2-5,12,14H,1,6-11H2,(H,21,22,23). The van der Waals surface area contributed by atoms with E-state index in [4.69, 9.17) is 16.3 Å². The number of hydrogen-bond acceptors (Lipinski definition) is 4. The van der Waals surface area contributed by atoms with Crippen LogP contribution in [0.3, 0.4) is 0 Å². The Morgan fingerprint density at radius 2 is 2.12 bits per heavy atom. The summed E-state index contributed by atoms with van der Waals surface area (Å²) in [5.74, 6) is 0.470. The first-order valence-electron chi connectivity index (χ1n) is 8.41. The minimum Gasteiger partial charge on any atom is -0.381 e. The molecule has 6 heteroatoms. The Kier molecular flexibility index (Phi) is 6.24. The van der Waals surface area contributed by atoms with Gasteiger partial charge in [-0.25, -0.2) is 4.98 Å². The van der Waals surface area contributed by atoms with Gasteiger partial charge < -0.3 is 4.74 Å². The van der Waals surface area contributed by atoms with Crippen LogP contribution in [0.15, 0.2) is 41.8 Å². The quantitative estimate of drug-likeness (QED) is 0.708. The molecule has 2 heterocycles. The lowest BCUT2D eigenvalue weighted by atomic mass is 9.93. The van der Waals surface area contributed by atoms with Gasteiger partial charge in [0.05, 0.1) is 5.69 Å². The molecule has 1 amide bonds. The molecule has 0 unspecified atom stereocenters. The average molecular weight is 377 g/mol. The van der Waals surface area contributed by atoms with Crippen LogP contribution in [0.4, 0.5) is 5.13 Å². The van der Waals surface area contributed by atoms with Gasteiger partial charge in [-0.15, -0.1) is 11.3 Å². The minimum atomic E-state index is -0.160. The van der Waals surface area contributed by atoms with Crippen LogP contribution >= 0.6 is 22.9 Å². The number of nitrogens with zero attached hydrogens (tertiary/aromatic N) is 1. The molecule has 4 nitrogen and oxygen atoms in total. The van der Waals surface area contributed by atoms with Crippen LogP contribution in [0.1, 0.15) is 25.7 Å². The monoisotopic (exact) mass is 376 g/mol. The molecule has 0 aliphatic carbocycles. The fourth-order valence-corrected chi connectivity index (χ4v) is 3.77. The number of anilines is 1. The maximum atomic E-state index is 12.3. The van der Waals surface area contributed by atoms with Gasteiger partial charge in [0.2, 0.25) is 0 Å².